The van der Waals surface area contributed by atoms with Crippen LogP contribution in [0.15, 0.2) is 72.9 Å². The predicted molar refractivity (Wildman–Crippen MR) is 379 cm³/mol. The van der Waals surface area contributed by atoms with Crippen LogP contribution in [0.25, 0.3) is 0 Å². The Labute approximate surface area is 546 Å². The number of esters is 2. The molecule has 10 heteroatoms. The molecule has 0 amide bonds. The zero-order valence-corrected chi connectivity index (χ0v) is 59.6. The lowest BCUT2D eigenvalue weighted by atomic mass is 10.0. The molecule has 0 saturated carbocycles. The number of likely N-dealkylation sites (N-methyl/N-ethyl adjacent to an activating group) is 1. The minimum Gasteiger partial charge on any atom is -0.756 e. The van der Waals surface area contributed by atoms with E-state index in [1.807, 2.05) is 21.1 Å². The molecule has 514 valence electrons. The Morgan fingerprint density at radius 3 is 0.966 bits per heavy atom. The van der Waals surface area contributed by atoms with E-state index in [0.29, 0.717) is 17.4 Å². The summed E-state index contributed by atoms with van der Waals surface area (Å²) in [6.07, 6.45) is 92.9. The summed E-state index contributed by atoms with van der Waals surface area (Å²) in [5, 5.41) is 0. The maximum atomic E-state index is 12.9. The summed E-state index contributed by atoms with van der Waals surface area (Å²) < 4.78 is 34.4. The molecule has 0 aliphatic heterocycles. The van der Waals surface area contributed by atoms with Crippen molar-refractivity contribution in [1.82, 2.24) is 0 Å². The van der Waals surface area contributed by atoms with E-state index in [1.165, 1.54) is 250 Å². The fourth-order valence-corrected chi connectivity index (χ4v) is 11.7. The molecule has 0 aromatic carbocycles. The summed E-state index contributed by atoms with van der Waals surface area (Å²) >= 11 is 0. The van der Waals surface area contributed by atoms with Gasteiger partial charge in [0.15, 0.2) is 6.10 Å². The summed E-state index contributed by atoms with van der Waals surface area (Å²) in [7, 11) is 1.18. The quantitative estimate of drug-likeness (QED) is 0.0195. The number of nitrogens with zero attached hydrogens (tertiary/aromatic N) is 1. The Balaban J connectivity index is 3.98. The van der Waals surface area contributed by atoms with E-state index in [-0.39, 0.29) is 32.0 Å². The lowest BCUT2D eigenvalue weighted by molar-refractivity contribution is -0.870. The van der Waals surface area contributed by atoms with Gasteiger partial charge < -0.3 is 27.9 Å². The molecule has 9 nitrogen and oxygen atoms in total. The zero-order valence-electron chi connectivity index (χ0n) is 58.7. The smallest absolute Gasteiger partial charge is 0.306 e. The second-order valence-corrected chi connectivity index (χ2v) is 28.1. The zero-order chi connectivity index (χ0) is 64.1. The van der Waals surface area contributed by atoms with Gasteiger partial charge in [-0.25, -0.2) is 0 Å². The number of carbonyl (C=O) groups is 2. The van der Waals surface area contributed by atoms with E-state index in [1.54, 1.807) is 0 Å². The van der Waals surface area contributed by atoms with Crippen molar-refractivity contribution in [3.63, 3.8) is 0 Å². The molecular formula is C78H144NO8P. The van der Waals surface area contributed by atoms with Crippen LogP contribution in [0.1, 0.15) is 361 Å². The van der Waals surface area contributed by atoms with E-state index in [2.05, 4.69) is 86.8 Å². The fourth-order valence-electron chi connectivity index (χ4n) is 11.0. The summed E-state index contributed by atoms with van der Waals surface area (Å²) in [5.74, 6) is -0.815. The number of ether oxygens (including phenoxy) is 2. The molecule has 0 aromatic rings. The molecule has 0 radical (unpaired) electrons. The SMILES string of the molecule is CC/C=C\C/C=C\C/C=C\C/C=C\C/C=C\C/C=C\CCCCCCCCCCCCCCCCCCC(=O)OC(COC(=O)CCCCCCCCCCCCCCCCCCCCCCCCCCCCCCC)COP(=O)([O-])OCC[N+](C)(C)C. The number of unbranched alkanes of at least 4 members (excludes halogenated alkanes) is 44. The minimum atomic E-state index is -4.64. The number of hydrogen-bond acceptors (Lipinski definition) is 8. The first-order valence-electron chi connectivity index (χ1n) is 37.6. The van der Waals surface area contributed by atoms with Crippen molar-refractivity contribution in [2.24, 2.45) is 0 Å². The third-order valence-electron chi connectivity index (χ3n) is 16.7. The van der Waals surface area contributed by atoms with E-state index in [0.717, 1.165) is 77.0 Å². The van der Waals surface area contributed by atoms with Crippen molar-refractivity contribution in [3.8, 4) is 0 Å². The maximum Gasteiger partial charge on any atom is 0.306 e. The van der Waals surface area contributed by atoms with E-state index in [4.69, 9.17) is 18.5 Å². The Hall–Kier alpha value is -2.55. The van der Waals surface area contributed by atoms with Crippen LogP contribution in [-0.2, 0) is 32.7 Å². The first-order valence-corrected chi connectivity index (χ1v) is 39.1. The molecule has 0 aliphatic carbocycles. The van der Waals surface area contributed by atoms with Gasteiger partial charge in [0.1, 0.15) is 19.8 Å². The van der Waals surface area contributed by atoms with Crippen LogP contribution < -0.4 is 4.89 Å². The second kappa shape index (κ2) is 68.8. The Morgan fingerprint density at radius 2 is 0.648 bits per heavy atom. The molecule has 0 N–H and O–H groups in total. The van der Waals surface area contributed by atoms with Crippen LogP contribution in [0.4, 0.5) is 0 Å². The van der Waals surface area contributed by atoms with Crippen molar-refractivity contribution in [2.75, 3.05) is 47.5 Å². The topological polar surface area (TPSA) is 111 Å². The third-order valence-corrected chi connectivity index (χ3v) is 17.7. The molecule has 0 aliphatic rings. The van der Waals surface area contributed by atoms with Gasteiger partial charge in [-0.05, 0) is 64.2 Å². The van der Waals surface area contributed by atoms with Gasteiger partial charge in [-0.3, -0.25) is 14.2 Å². The molecule has 0 saturated heterocycles. The summed E-state index contributed by atoms with van der Waals surface area (Å²) in [6.45, 7) is 4.19. The van der Waals surface area contributed by atoms with Crippen LogP contribution in [0.2, 0.25) is 0 Å². The molecule has 0 spiro atoms. The Kier molecular flexibility index (Phi) is 66.8. The Bertz CT molecular complexity index is 1710. The van der Waals surface area contributed by atoms with Gasteiger partial charge in [-0.15, -0.1) is 0 Å². The average Bonchev–Trinajstić information content (AvgIpc) is 3.57. The molecular weight excluding hydrogens is 1110 g/mol. The highest BCUT2D eigenvalue weighted by atomic mass is 31.2. The van der Waals surface area contributed by atoms with Crippen LogP contribution in [-0.4, -0.2) is 70.0 Å². The highest BCUT2D eigenvalue weighted by Gasteiger charge is 2.22. The summed E-state index contributed by atoms with van der Waals surface area (Å²) in [6, 6.07) is 0. The first-order chi connectivity index (χ1) is 43.0. The van der Waals surface area contributed by atoms with Crippen molar-refractivity contribution in [3.05, 3.63) is 72.9 Å². The number of rotatable bonds is 70. The van der Waals surface area contributed by atoms with Crippen molar-refractivity contribution < 1.29 is 42.1 Å². The number of phosphoric acid groups is 1. The van der Waals surface area contributed by atoms with Gasteiger partial charge >= 0.3 is 11.9 Å². The average molecular weight is 1250 g/mol. The number of quaternary nitrogens is 1. The van der Waals surface area contributed by atoms with Gasteiger partial charge in [0.25, 0.3) is 7.82 Å². The van der Waals surface area contributed by atoms with Crippen molar-refractivity contribution in [2.45, 2.75) is 367 Å². The standard InChI is InChI=1S/C78H144NO8P/c1-6-8-10-12-14-16-18-20-22-24-26-28-30-32-34-36-37-38-39-40-41-43-45-47-49-51-53-55-57-59-61-63-65-67-69-71-78(81)87-76(75-86-88(82,83)85-73-72-79(3,4)5)74-84-77(80)70-68-66-64-62-60-58-56-54-52-50-48-46-44-42-35-33-31-29-27-25-23-21-19-17-15-13-11-9-7-2/h8,10,14,16,20,22,26,28,32,34,37-38,76H,6-7,9,11-13,15,17-19,21,23-25,27,29-31,33,35-36,39-75H2,1-5H3/b10-8-,16-14-,22-20-,28-26-,34-32-,38-37-. The highest BCUT2D eigenvalue weighted by Crippen LogP contribution is 2.38. The van der Waals surface area contributed by atoms with Crippen LogP contribution in [0, 0.1) is 0 Å². The van der Waals surface area contributed by atoms with Crippen LogP contribution in [0.3, 0.4) is 0 Å². The van der Waals surface area contributed by atoms with Crippen molar-refractivity contribution >= 4 is 19.8 Å². The molecule has 2 atom stereocenters. The number of hydrogen-bond donors (Lipinski definition) is 0. The van der Waals surface area contributed by atoms with Crippen LogP contribution in [0.5, 0.6) is 0 Å². The van der Waals surface area contributed by atoms with E-state index >= 15 is 0 Å². The molecule has 0 rings (SSSR count). The third kappa shape index (κ3) is 72.5. The lowest BCUT2D eigenvalue weighted by Gasteiger charge is -2.28. The molecule has 2 unspecified atom stereocenters. The maximum absolute atomic E-state index is 12.9. The van der Waals surface area contributed by atoms with Crippen molar-refractivity contribution in [1.29, 1.82) is 0 Å². The van der Waals surface area contributed by atoms with Gasteiger partial charge in [0, 0.05) is 12.8 Å². The summed E-state index contributed by atoms with van der Waals surface area (Å²) in [4.78, 5) is 38.1. The number of phosphoric ester groups is 1. The van der Waals surface area contributed by atoms with Crippen LogP contribution >= 0.6 is 7.82 Å². The molecule has 0 aromatic heterocycles. The fraction of sp³-hybridized carbons (Fsp3) is 0.821. The summed E-state index contributed by atoms with van der Waals surface area (Å²) in [5.41, 5.74) is 0. The Morgan fingerprint density at radius 1 is 0.364 bits per heavy atom. The molecule has 0 fully saturated rings. The predicted octanol–water partition coefficient (Wildman–Crippen LogP) is 24.1. The van der Waals surface area contributed by atoms with Gasteiger partial charge in [0.05, 0.1) is 27.7 Å². The monoisotopic (exact) mass is 1250 g/mol. The number of allylic oxidation sites excluding steroid dienone is 12. The minimum absolute atomic E-state index is 0.0299. The molecule has 88 heavy (non-hydrogen) atoms. The lowest BCUT2D eigenvalue weighted by Crippen LogP contribution is -2.37. The van der Waals surface area contributed by atoms with Gasteiger partial charge in [-0.1, -0.05) is 356 Å². The molecule has 0 heterocycles. The first kappa shape index (κ1) is 85.5. The van der Waals surface area contributed by atoms with Gasteiger partial charge in [-0.2, -0.15) is 0 Å². The normalized spacial score (nSPS) is 13.5. The van der Waals surface area contributed by atoms with E-state index < -0.39 is 26.5 Å². The van der Waals surface area contributed by atoms with E-state index in [9.17, 15) is 19.0 Å². The number of carbonyl (C=O) groups excluding carboxylic acids is 2. The molecule has 0 bridgehead atoms. The largest absolute Gasteiger partial charge is 0.756 e. The second-order valence-electron chi connectivity index (χ2n) is 26.6. The highest BCUT2D eigenvalue weighted by molar-refractivity contribution is 7.45. The van der Waals surface area contributed by atoms with Gasteiger partial charge in [0.2, 0.25) is 0 Å².